The van der Waals surface area contributed by atoms with Crippen LogP contribution in [0.15, 0.2) is 41.2 Å². The number of hydrogen-bond donors (Lipinski definition) is 1. The summed E-state index contributed by atoms with van der Waals surface area (Å²) < 4.78 is 5.07. The molecule has 1 aromatic carbocycles. The Morgan fingerprint density at radius 1 is 1.28 bits per heavy atom. The molecule has 0 aliphatic rings. The smallest absolute Gasteiger partial charge is 0.0955 e. The minimum atomic E-state index is 0.185. The number of nitrogens with zero attached hydrogens (tertiary/aromatic N) is 1. The van der Waals surface area contributed by atoms with Crippen molar-refractivity contribution in [2.75, 3.05) is 24.3 Å². The van der Waals surface area contributed by atoms with E-state index >= 15 is 0 Å². The SMILES string of the molecule is CC(Nc1ccc(N(C)C)c(Cl)c1)c1ccoc1. The van der Waals surface area contributed by atoms with Gasteiger partial charge in [-0.2, -0.15) is 0 Å². The molecule has 0 aliphatic carbocycles. The van der Waals surface area contributed by atoms with Crippen molar-refractivity contribution in [1.82, 2.24) is 0 Å². The Morgan fingerprint density at radius 3 is 2.61 bits per heavy atom. The Hall–Kier alpha value is -1.61. The average molecular weight is 265 g/mol. The normalized spacial score (nSPS) is 12.2. The maximum absolute atomic E-state index is 6.23. The molecule has 1 N–H and O–H groups in total. The standard InChI is InChI=1S/C14H17ClN2O/c1-10(11-6-7-18-9-11)16-12-4-5-14(17(2)3)13(15)8-12/h4-10,16H,1-3H3. The first-order chi connectivity index (χ1) is 8.58. The molecule has 3 nitrogen and oxygen atoms in total. The maximum Gasteiger partial charge on any atom is 0.0955 e. The van der Waals surface area contributed by atoms with Crippen LogP contribution in [0.5, 0.6) is 0 Å². The molecular formula is C14H17ClN2O. The van der Waals surface area contributed by atoms with E-state index in [2.05, 4.69) is 12.2 Å². The summed E-state index contributed by atoms with van der Waals surface area (Å²) in [6.45, 7) is 2.08. The fraction of sp³-hybridized carbons (Fsp3) is 0.286. The molecule has 0 bridgehead atoms. The van der Waals surface area contributed by atoms with Gasteiger partial charge in [0.1, 0.15) is 0 Å². The molecule has 4 heteroatoms. The molecule has 0 aliphatic heterocycles. The molecule has 0 spiro atoms. The van der Waals surface area contributed by atoms with Crippen LogP contribution < -0.4 is 10.2 Å². The third-order valence-corrected chi connectivity index (χ3v) is 3.16. The lowest BCUT2D eigenvalue weighted by Gasteiger charge is -2.18. The highest BCUT2D eigenvalue weighted by Gasteiger charge is 2.08. The number of hydrogen-bond acceptors (Lipinski definition) is 3. The summed E-state index contributed by atoms with van der Waals surface area (Å²) in [6.07, 6.45) is 3.42. The predicted octanol–water partition coefficient (Wildman–Crippen LogP) is 4.17. The van der Waals surface area contributed by atoms with Crippen molar-refractivity contribution in [3.8, 4) is 0 Å². The molecule has 0 amide bonds. The van der Waals surface area contributed by atoms with Crippen LogP contribution in [0, 0.1) is 0 Å². The van der Waals surface area contributed by atoms with E-state index in [-0.39, 0.29) is 6.04 Å². The van der Waals surface area contributed by atoms with Crippen LogP contribution in [0.2, 0.25) is 5.02 Å². The molecule has 1 atom stereocenters. The van der Waals surface area contributed by atoms with E-state index in [1.54, 1.807) is 12.5 Å². The van der Waals surface area contributed by atoms with Gasteiger partial charge in [-0.1, -0.05) is 11.6 Å². The Balaban J connectivity index is 2.13. The fourth-order valence-electron chi connectivity index (χ4n) is 1.81. The lowest BCUT2D eigenvalue weighted by molar-refractivity contribution is 0.562. The van der Waals surface area contributed by atoms with Crippen molar-refractivity contribution < 1.29 is 4.42 Å². The zero-order valence-electron chi connectivity index (χ0n) is 10.8. The molecule has 2 aromatic rings. The maximum atomic E-state index is 6.23. The number of rotatable bonds is 4. The monoisotopic (exact) mass is 264 g/mol. The predicted molar refractivity (Wildman–Crippen MR) is 76.5 cm³/mol. The van der Waals surface area contributed by atoms with Crippen LogP contribution in [0.3, 0.4) is 0 Å². The van der Waals surface area contributed by atoms with Crippen LogP contribution in [0.1, 0.15) is 18.5 Å². The number of furan rings is 1. The molecule has 1 heterocycles. The fourth-order valence-corrected chi connectivity index (χ4v) is 2.16. The summed E-state index contributed by atoms with van der Waals surface area (Å²) in [6, 6.07) is 8.11. The van der Waals surface area contributed by atoms with Crippen molar-refractivity contribution >= 4 is 23.0 Å². The van der Waals surface area contributed by atoms with Gasteiger partial charge in [-0.3, -0.25) is 0 Å². The minimum Gasteiger partial charge on any atom is -0.472 e. The summed E-state index contributed by atoms with van der Waals surface area (Å²) >= 11 is 6.23. The Morgan fingerprint density at radius 2 is 2.06 bits per heavy atom. The molecule has 96 valence electrons. The molecule has 1 aromatic heterocycles. The zero-order valence-corrected chi connectivity index (χ0v) is 11.5. The molecule has 0 fully saturated rings. The largest absolute Gasteiger partial charge is 0.472 e. The third kappa shape index (κ3) is 2.79. The highest BCUT2D eigenvalue weighted by Crippen LogP contribution is 2.29. The lowest BCUT2D eigenvalue weighted by Crippen LogP contribution is -2.10. The van der Waals surface area contributed by atoms with E-state index < -0.39 is 0 Å². The Labute approximate surface area is 112 Å². The Kier molecular flexibility index (Phi) is 3.82. The Bertz CT molecular complexity index is 509. The molecule has 1 unspecified atom stereocenters. The molecule has 0 saturated heterocycles. The first-order valence-corrected chi connectivity index (χ1v) is 6.21. The van der Waals surface area contributed by atoms with Gasteiger partial charge < -0.3 is 14.6 Å². The van der Waals surface area contributed by atoms with Crippen LogP contribution >= 0.6 is 11.6 Å². The van der Waals surface area contributed by atoms with Crippen molar-refractivity contribution in [2.24, 2.45) is 0 Å². The van der Waals surface area contributed by atoms with Gasteiger partial charge in [0.15, 0.2) is 0 Å². The summed E-state index contributed by atoms with van der Waals surface area (Å²) in [4.78, 5) is 1.99. The first-order valence-electron chi connectivity index (χ1n) is 5.83. The van der Waals surface area contributed by atoms with Crippen LogP contribution in [0.4, 0.5) is 11.4 Å². The highest BCUT2D eigenvalue weighted by molar-refractivity contribution is 6.33. The van der Waals surface area contributed by atoms with Gasteiger partial charge in [0.25, 0.3) is 0 Å². The van der Waals surface area contributed by atoms with Gasteiger partial charge in [0.05, 0.1) is 29.3 Å². The average Bonchev–Trinajstić information content (AvgIpc) is 2.81. The number of anilines is 2. The van der Waals surface area contributed by atoms with Crippen molar-refractivity contribution in [1.29, 1.82) is 0 Å². The second-order valence-electron chi connectivity index (χ2n) is 4.48. The summed E-state index contributed by atoms with van der Waals surface area (Å²) in [5.74, 6) is 0. The van der Waals surface area contributed by atoms with Crippen molar-refractivity contribution in [3.63, 3.8) is 0 Å². The van der Waals surface area contributed by atoms with Crippen LogP contribution in [-0.2, 0) is 0 Å². The third-order valence-electron chi connectivity index (χ3n) is 2.86. The van der Waals surface area contributed by atoms with E-state index in [0.717, 1.165) is 22.0 Å². The van der Waals surface area contributed by atoms with Crippen LogP contribution in [0.25, 0.3) is 0 Å². The molecule has 18 heavy (non-hydrogen) atoms. The molecular weight excluding hydrogens is 248 g/mol. The second-order valence-corrected chi connectivity index (χ2v) is 4.89. The number of benzene rings is 1. The summed E-state index contributed by atoms with van der Waals surface area (Å²) in [5, 5.41) is 4.13. The summed E-state index contributed by atoms with van der Waals surface area (Å²) in [5.41, 5.74) is 3.13. The van der Waals surface area contributed by atoms with E-state index in [4.69, 9.17) is 16.0 Å². The summed E-state index contributed by atoms with van der Waals surface area (Å²) in [7, 11) is 3.95. The van der Waals surface area contributed by atoms with Crippen LogP contribution in [-0.4, -0.2) is 14.1 Å². The van der Waals surface area contributed by atoms with E-state index in [1.807, 2.05) is 43.3 Å². The topological polar surface area (TPSA) is 28.4 Å². The van der Waals surface area contributed by atoms with E-state index in [1.165, 1.54) is 0 Å². The van der Waals surface area contributed by atoms with Gasteiger partial charge in [-0.15, -0.1) is 0 Å². The van der Waals surface area contributed by atoms with E-state index in [9.17, 15) is 0 Å². The second kappa shape index (κ2) is 5.36. The van der Waals surface area contributed by atoms with E-state index in [0.29, 0.717) is 0 Å². The highest BCUT2D eigenvalue weighted by atomic mass is 35.5. The number of nitrogens with one attached hydrogen (secondary N) is 1. The first kappa shape index (κ1) is 12.8. The minimum absolute atomic E-state index is 0.185. The van der Waals surface area contributed by atoms with Gasteiger partial charge in [-0.05, 0) is 31.2 Å². The molecule has 0 radical (unpaired) electrons. The van der Waals surface area contributed by atoms with Crippen molar-refractivity contribution in [3.05, 3.63) is 47.4 Å². The van der Waals surface area contributed by atoms with Gasteiger partial charge >= 0.3 is 0 Å². The van der Waals surface area contributed by atoms with Gasteiger partial charge in [-0.25, -0.2) is 0 Å². The zero-order chi connectivity index (χ0) is 13.1. The quantitative estimate of drug-likeness (QED) is 0.898. The van der Waals surface area contributed by atoms with Gasteiger partial charge in [0.2, 0.25) is 0 Å². The number of halogens is 1. The van der Waals surface area contributed by atoms with Crippen molar-refractivity contribution in [2.45, 2.75) is 13.0 Å². The molecule has 0 saturated carbocycles. The van der Waals surface area contributed by atoms with Gasteiger partial charge in [0, 0.05) is 25.3 Å². The molecule has 2 rings (SSSR count). The lowest BCUT2D eigenvalue weighted by atomic mass is 10.1.